The summed E-state index contributed by atoms with van der Waals surface area (Å²) in [4.78, 5) is 8.64. The van der Waals surface area contributed by atoms with Crippen molar-refractivity contribution in [2.45, 2.75) is 12.8 Å². The Morgan fingerprint density at radius 1 is 1.15 bits per heavy atom. The van der Waals surface area contributed by atoms with Gasteiger partial charge in [0.15, 0.2) is 5.65 Å². The fraction of sp³-hybridized carbons (Fsp3) is 0.143. The zero-order chi connectivity index (χ0) is 14.3. The van der Waals surface area contributed by atoms with Crippen LogP contribution < -0.4 is 0 Å². The van der Waals surface area contributed by atoms with E-state index in [-0.39, 0.29) is 11.6 Å². The highest BCUT2D eigenvalue weighted by atomic mass is 35.5. The van der Waals surface area contributed by atoms with Gasteiger partial charge in [0.1, 0.15) is 23.0 Å². The highest BCUT2D eigenvalue weighted by molar-refractivity contribution is 6.16. The summed E-state index contributed by atoms with van der Waals surface area (Å²) in [7, 11) is 0. The van der Waals surface area contributed by atoms with Crippen molar-refractivity contribution in [3.63, 3.8) is 0 Å². The Balaban J connectivity index is 2.39. The number of fused-ring (bicyclic) bond motifs is 1. The number of hydrogen-bond donors (Lipinski definition) is 0. The molecule has 2 heterocycles. The highest BCUT2D eigenvalue weighted by Gasteiger charge is 2.16. The molecule has 0 aliphatic carbocycles. The Labute approximate surface area is 118 Å². The molecule has 3 rings (SSSR count). The summed E-state index contributed by atoms with van der Waals surface area (Å²) in [5.41, 5.74) is 1.87. The van der Waals surface area contributed by atoms with Crippen LogP contribution in [0.15, 0.2) is 30.3 Å². The third-order valence-electron chi connectivity index (χ3n) is 2.98. The first-order valence-electron chi connectivity index (χ1n) is 5.96. The lowest BCUT2D eigenvalue weighted by Gasteiger charge is -2.08. The molecule has 0 radical (unpaired) electrons. The van der Waals surface area contributed by atoms with E-state index in [4.69, 9.17) is 11.6 Å². The predicted octanol–water partition coefficient (Wildman–Crippen LogP) is 3.75. The van der Waals surface area contributed by atoms with E-state index in [2.05, 4.69) is 9.97 Å². The van der Waals surface area contributed by atoms with Crippen molar-refractivity contribution in [2.24, 2.45) is 0 Å². The lowest BCUT2D eigenvalue weighted by atomic mass is 10.3. The normalized spacial score (nSPS) is 11.2. The van der Waals surface area contributed by atoms with Crippen molar-refractivity contribution in [2.75, 3.05) is 0 Å². The minimum absolute atomic E-state index is 0.0567. The van der Waals surface area contributed by atoms with Gasteiger partial charge in [0.05, 0.1) is 11.6 Å². The SMILES string of the molecule is Cc1ccc2nc(CCl)n(-c3cc(F)ccc3F)c2n1. The number of benzene rings is 1. The van der Waals surface area contributed by atoms with Crippen LogP contribution in [0.1, 0.15) is 11.5 Å². The molecule has 6 heteroatoms. The van der Waals surface area contributed by atoms with Gasteiger partial charge in [-0.25, -0.2) is 18.7 Å². The fourth-order valence-electron chi connectivity index (χ4n) is 2.10. The zero-order valence-corrected chi connectivity index (χ0v) is 11.3. The molecule has 0 aliphatic heterocycles. The first-order chi connectivity index (χ1) is 9.60. The molecule has 2 aromatic heterocycles. The number of nitrogens with zero attached hydrogens (tertiary/aromatic N) is 3. The second-order valence-corrected chi connectivity index (χ2v) is 4.66. The molecular weight excluding hydrogens is 284 g/mol. The third-order valence-corrected chi connectivity index (χ3v) is 3.22. The zero-order valence-electron chi connectivity index (χ0n) is 10.6. The minimum atomic E-state index is -0.555. The number of hydrogen-bond acceptors (Lipinski definition) is 2. The van der Waals surface area contributed by atoms with E-state index in [0.29, 0.717) is 17.0 Å². The summed E-state index contributed by atoms with van der Waals surface area (Å²) in [5, 5.41) is 0. The number of halogens is 3. The molecule has 3 aromatic rings. The van der Waals surface area contributed by atoms with E-state index in [1.165, 1.54) is 4.57 Å². The van der Waals surface area contributed by atoms with Gasteiger partial charge >= 0.3 is 0 Å². The summed E-state index contributed by atoms with van der Waals surface area (Å²) >= 11 is 5.86. The molecule has 0 amide bonds. The number of aryl methyl sites for hydroxylation is 1. The minimum Gasteiger partial charge on any atom is -0.277 e. The van der Waals surface area contributed by atoms with E-state index in [1.807, 2.05) is 6.92 Å². The summed E-state index contributed by atoms with van der Waals surface area (Å²) in [5.74, 6) is -0.591. The lowest BCUT2D eigenvalue weighted by Crippen LogP contribution is -2.04. The van der Waals surface area contributed by atoms with E-state index in [0.717, 1.165) is 23.9 Å². The molecular formula is C14H10ClF2N3. The average Bonchev–Trinajstić information content (AvgIpc) is 2.79. The quantitative estimate of drug-likeness (QED) is 0.674. The molecule has 0 unspecified atom stereocenters. The monoisotopic (exact) mass is 293 g/mol. The Morgan fingerprint density at radius 2 is 1.95 bits per heavy atom. The standard InChI is InChI=1S/C14H10ClF2N3/c1-8-2-5-11-14(18-8)20(13(7-15)19-11)12-6-9(16)3-4-10(12)17/h2-6H,7H2,1H3. The van der Waals surface area contributed by atoms with Crippen molar-refractivity contribution in [3.8, 4) is 5.69 Å². The first-order valence-corrected chi connectivity index (χ1v) is 6.50. The van der Waals surface area contributed by atoms with Crippen molar-refractivity contribution < 1.29 is 8.78 Å². The molecule has 0 spiro atoms. The average molecular weight is 294 g/mol. The largest absolute Gasteiger partial charge is 0.277 e. The number of alkyl halides is 1. The Bertz CT molecular complexity index is 798. The van der Waals surface area contributed by atoms with Crippen LogP contribution in [0, 0.1) is 18.6 Å². The maximum atomic E-state index is 14.0. The molecule has 20 heavy (non-hydrogen) atoms. The molecule has 0 bridgehead atoms. The van der Waals surface area contributed by atoms with Crippen LogP contribution in [0.5, 0.6) is 0 Å². The smallest absolute Gasteiger partial charge is 0.165 e. The summed E-state index contributed by atoms with van der Waals surface area (Å²) < 4.78 is 28.8. The van der Waals surface area contributed by atoms with Crippen molar-refractivity contribution in [1.82, 2.24) is 14.5 Å². The van der Waals surface area contributed by atoms with Gasteiger partial charge in [0.2, 0.25) is 0 Å². The lowest BCUT2D eigenvalue weighted by molar-refractivity contribution is 0.592. The van der Waals surface area contributed by atoms with Crippen LogP contribution in [0.2, 0.25) is 0 Å². The predicted molar refractivity (Wildman–Crippen MR) is 73.1 cm³/mol. The van der Waals surface area contributed by atoms with Gasteiger partial charge in [0, 0.05) is 11.8 Å². The van der Waals surface area contributed by atoms with Crippen molar-refractivity contribution in [3.05, 3.63) is 53.5 Å². The molecule has 0 saturated carbocycles. The Morgan fingerprint density at radius 3 is 2.70 bits per heavy atom. The Hall–Kier alpha value is -2.01. The first kappa shape index (κ1) is 13.0. The molecule has 0 atom stereocenters. The van der Waals surface area contributed by atoms with E-state index >= 15 is 0 Å². The number of rotatable bonds is 2. The van der Waals surface area contributed by atoms with Gasteiger partial charge < -0.3 is 0 Å². The van der Waals surface area contributed by atoms with Gasteiger partial charge in [-0.05, 0) is 31.2 Å². The van der Waals surface area contributed by atoms with Crippen molar-refractivity contribution >= 4 is 22.8 Å². The molecule has 102 valence electrons. The van der Waals surface area contributed by atoms with Gasteiger partial charge in [-0.3, -0.25) is 4.57 Å². The van der Waals surface area contributed by atoms with Gasteiger partial charge in [-0.2, -0.15) is 0 Å². The van der Waals surface area contributed by atoms with Crippen LogP contribution in [0.25, 0.3) is 16.9 Å². The van der Waals surface area contributed by atoms with Gasteiger partial charge in [-0.15, -0.1) is 11.6 Å². The fourth-order valence-corrected chi connectivity index (χ4v) is 2.28. The highest BCUT2D eigenvalue weighted by Crippen LogP contribution is 2.24. The van der Waals surface area contributed by atoms with Crippen LogP contribution in [0.3, 0.4) is 0 Å². The third kappa shape index (κ3) is 2.04. The van der Waals surface area contributed by atoms with E-state index < -0.39 is 11.6 Å². The van der Waals surface area contributed by atoms with Gasteiger partial charge in [-0.1, -0.05) is 0 Å². The molecule has 0 saturated heterocycles. The summed E-state index contributed by atoms with van der Waals surface area (Å²) in [6.07, 6.45) is 0. The Kier molecular flexibility index (Phi) is 3.14. The molecule has 0 fully saturated rings. The van der Waals surface area contributed by atoms with Crippen molar-refractivity contribution in [1.29, 1.82) is 0 Å². The second-order valence-electron chi connectivity index (χ2n) is 4.39. The van der Waals surface area contributed by atoms with Crippen LogP contribution in [-0.4, -0.2) is 14.5 Å². The van der Waals surface area contributed by atoms with Gasteiger partial charge in [0.25, 0.3) is 0 Å². The maximum absolute atomic E-state index is 14.0. The van der Waals surface area contributed by atoms with Crippen LogP contribution in [-0.2, 0) is 5.88 Å². The van der Waals surface area contributed by atoms with Crippen LogP contribution in [0.4, 0.5) is 8.78 Å². The number of imidazole rings is 1. The molecule has 0 N–H and O–H groups in total. The topological polar surface area (TPSA) is 30.7 Å². The number of aromatic nitrogens is 3. The number of pyridine rings is 1. The summed E-state index contributed by atoms with van der Waals surface area (Å²) in [6, 6.07) is 6.83. The van der Waals surface area contributed by atoms with E-state index in [1.54, 1.807) is 12.1 Å². The summed E-state index contributed by atoms with van der Waals surface area (Å²) in [6.45, 7) is 1.82. The second kappa shape index (κ2) is 4.83. The molecule has 1 aromatic carbocycles. The molecule has 0 aliphatic rings. The maximum Gasteiger partial charge on any atom is 0.165 e. The molecule has 3 nitrogen and oxygen atoms in total. The van der Waals surface area contributed by atoms with Crippen LogP contribution >= 0.6 is 11.6 Å². The van der Waals surface area contributed by atoms with E-state index in [9.17, 15) is 8.78 Å².